The number of hydrogen-bond donors (Lipinski definition) is 0. The number of fused-ring (bicyclic) bond motifs is 1. The molecule has 2 aromatic carbocycles. The lowest BCUT2D eigenvalue weighted by atomic mass is 10.1. The Morgan fingerprint density at radius 2 is 1.46 bits per heavy atom. The minimum absolute atomic E-state index is 0.758. The van der Waals surface area contributed by atoms with E-state index in [1.807, 2.05) is 36.4 Å². The molecule has 0 radical (unpaired) electrons. The molecule has 0 bridgehead atoms. The average molecular weight is 382 g/mol. The number of hydrogen-bond acceptors (Lipinski definition) is 3. The Balaban J connectivity index is 1.65. The van der Waals surface area contributed by atoms with E-state index >= 15 is 0 Å². The Morgan fingerprint density at radius 1 is 0.857 bits per heavy atom. The fourth-order valence-electron chi connectivity index (χ4n) is 3.38. The Labute approximate surface area is 169 Å². The van der Waals surface area contributed by atoms with Gasteiger partial charge in [0.1, 0.15) is 5.75 Å². The number of benzene rings is 2. The summed E-state index contributed by atoms with van der Waals surface area (Å²) in [6, 6.07) is 11.9. The van der Waals surface area contributed by atoms with Gasteiger partial charge in [-0.15, -0.1) is 0 Å². The summed E-state index contributed by atoms with van der Waals surface area (Å²) in [5.41, 5.74) is 0.843. The lowest BCUT2D eigenvalue weighted by Crippen LogP contribution is -2.18. The van der Waals surface area contributed by atoms with Crippen molar-refractivity contribution in [2.24, 2.45) is 0 Å². The van der Waals surface area contributed by atoms with Gasteiger partial charge in [0.25, 0.3) is 0 Å². The van der Waals surface area contributed by atoms with Crippen molar-refractivity contribution < 1.29 is 14.6 Å². The number of unbranched alkanes of at least 4 members (excludes halogenated alkanes) is 9. The van der Waals surface area contributed by atoms with Crippen molar-refractivity contribution in [1.82, 2.24) is 0 Å². The topological polar surface area (TPSA) is 49.4 Å². The summed E-state index contributed by atoms with van der Waals surface area (Å²) < 4.78 is 5.90. The summed E-state index contributed by atoms with van der Waals surface area (Å²) in [6.07, 6.45) is 15.8. The van der Waals surface area contributed by atoms with Crippen LogP contribution in [0.15, 0.2) is 42.5 Å². The number of carbonyl (C=O) groups is 1. The van der Waals surface area contributed by atoms with Crippen LogP contribution in [0.4, 0.5) is 0 Å². The number of aliphatic carboxylic acids is 1. The maximum Gasteiger partial charge on any atom is 0.119 e. The molecule has 0 N–H and O–H groups in total. The molecule has 152 valence electrons. The van der Waals surface area contributed by atoms with Gasteiger partial charge in [0.2, 0.25) is 0 Å². The first-order valence-electron chi connectivity index (χ1n) is 10.7. The molecule has 3 nitrogen and oxygen atoms in total. The number of carboxylic acid groups (broad SMARTS) is 1. The number of ether oxygens (including phenoxy) is 1. The molecule has 28 heavy (non-hydrogen) atoms. The third kappa shape index (κ3) is 8.60. The molecule has 0 saturated carbocycles. The number of carbonyl (C=O) groups excluding carboxylic acids is 1. The SMILES string of the molecule is CCCCCCCCCCCCOc1ccc2cc(/C=C/C(=O)[O-])ccc2c1. The van der Waals surface area contributed by atoms with E-state index in [1.165, 1.54) is 57.8 Å². The highest BCUT2D eigenvalue weighted by Gasteiger charge is 1.99. The third-order valence-electron chi connectivity index (χ3n) is 5.01. The predicted octanol–water partition coefficient (Wildman–Crippen LogP) is 5.90. The zero-order valence-corrected chi connectivity index (χ0v) is 17.1. The Morgan fingerprint density at radius 3 is 2.14 bits per heavy atom. The molecule has 0 saturated heterocycles. The fraction of sp³-hybridized carbons (Fsp3) is 0.480. The summed E-state index contributed by atoms with van der Waals surface area (Å²) in [5.74, 6) is -0.294. The second-order valence-electron chi connectivity index (χ2n) is 7.45. The standard InChI is InChI=1S/C25H34O3/c1-2-3-4-5-6-7-8-9-10-11-18-28-24-16-15-22-19-21(13-17-25(26)27)12-14-23(22)20-24/h12-17,19-20H,2-11,18H2,1H3,(H,26,27)/p-1/b17-13+. The van der Waals surface area contributed by atoms with E-state index in [1.54, 1.807) is 6.08 Å². The van der Waals surface area contributed by atoms with Gasteiger partial charge >= 0.3 is 0 Å². The van der Waals surface area contributed by atoms with Gasteiger partial charge in [-0.2, -0.15) is 0 Å². The fourth-order valence-corrected chi connectivity index (χ4v) is 3.38. The van der Waals surface area contributed by atoms with Crippen molar-refractivity contribution in [1.29, 1.82) is 0 Å². The van der Waals surface area contributed by atoms with Gasteiger partial charge in [-0.1, -0.05) is 89.0 Å². The highest BCUT2D eigenvalue weighted by Crippen LogP contribution is 2.23. The summed E-state index contributed by atoms with van der Waals surface area (Å²) >= 11 is 0. The van der Waals surface area contributed by atoms with E-state index in [9.17, 15) is 9.90 Å². The van der Waals surface area contributed by atoms with Gasteiger partial charge < -0.3 is 14.6 Å². The van der Waals surface area contributed by atoms with Crippen molar-refractivity contribution >= 4 is 22.8 Å². The van der Waals surface area contributed by atoms with Gasteiger partial charge in [0.05, 0.1) is 12.6 Å². The Kier molecular flexibility index (Phi) is 10.2. The maximum absolute atomic E-state index is 10.5. The van der Waals surface area contributed by atoms with E-state index in [4.69, 9.17) is 4.74 Å². The summed E-state index contributed by atoms with van der Waals surface area (Å²) in [4.78, 5) is 10.5. The van der Waals surface area contributed by atoms with Gasteiger partial charge in [-0.3, -0.25) is 0 Å². The van der Waals surface area contributed by atoms with E-state index in [0.29, 0.717) is 0 Å². The smallest absolute Gasteiger partial charge is 0.119 e. The molecular weight excluding hydrogens is 348 g/mol. The summed E-state index contributed by atoms with van der Waals surface area (Å²) in [7, 11) is 0. The first-order valence-corrected chi connectivity index (χ1v) is 10.7. The second kappa shape index (κ2) is 13.0. The molecule has 0 heterocycles. The van der Waals surface area contributed by atoms with Crippen LogP contribution in [0.3, 0.4) is 0 Å². The van der Waals surface area contributed by atoms with Crippen LogP contribution in [0.1, 0.15) is 76.7 Å². The second-order valence-corrected chi connectivity index (χ2v) is 7.45. The van der Waals surface area contributed by atoms with Crippen LogP contribution in [0.2, 0.25) is 0 Å². The van der Waals surface area contributed by atoms with E-state index in [2.05, 4.69) is 6.92 Å². The first-order chi connectivity index (χ1) is 13.7. The predicted molar refractivity (Wildman–Crippen MR) is 115 cm³/mol. The average Bonchev–Trinajstić information content (AvgIpc) is 2.70. The lowest BCUT2D eigenvalue weighted by Gasteiger charge is -2.08. The van der Waals surface area contributed by atoms with Crippen molar-refractivity contribution in [3.63, 3.8) is 0 Å². The molecule has 0 amide bonds. The van der Waals surface area contributed by atoms with E-state index in [0.717, 1.165) is 41.2 Å². The molecule has 0 atom stereocenters. The molecular formula is C25H33O3-. The van der Waals surface area contributed by atoms with E-state index in [-0.39, 0.29) is 0 Å². The van der Waals surface area contributed by atoms with Crippen LogP contribution >= 0.6 is 0 Å². The van der Waals surface area contributed by atoms with Gasteiger partial charge in [0.15, 0.2) is 0 Å². The highest BCUT2D eigenvalue weighted by atomic mass is 16.5. The summed E-state index contributed by atoms with van der Waals surface area (Å²) in [6.45, 7) is 3.02. The van der Waals surface area contributed by atoms with Gasteiger partial charge in [-0.05, 0) is 47.0 Å². The highest BCUT2D eigenvalue weighted by molar-refractivity contribution is 5.88. The van der Waals surface area contributed by atoms with Crippen LogP contribution in [0.25, 0.3) is 16.8 Å². The van der Waals surface area contributed by atoms with Crippen LogP contribution < -0.4 is 9.84 Å². The zero-order valence-electron chi connectivity index (χ0n) is 17.1. The van der Waals surface area contributed by atoms with E-state index < -0.39 is 5.97 Å². The van der Waals surface area contributed by atoms with Crippen LogP contribution in [-0.4, -0.2) is 12.6 Å². The minimum Gasteiger partial charge on any atom is -0.545 e. The third-order valence-corrected chi connectivity index (χ3v) is 5.01. The Hall–Kier alpha value is -2.29. The molecule has 0 aliphatic rings. The van der Waals surface area contributed by atoms with Crippen molar-refractivity contribution in [2.45, 2.75) is 71.1 Å². The normalized spacial score (nSPS) is 11.3. The van der Waals surface area contributed by atoms with Crippen LogP contribution in [-0.2, 0) is 4.79 Å². The molecule has 0 aliphatic heterocycles. The van der Waals surface area contributed by atoms with Gasteiger partial charge in [-0.25, -0.2) is 0 Å². The molecule has 0 spiro atoms. The van der Waals surface area contributed by atoms with Crippen LogP contribution in [0.5, 0.6) is 5.75 Å². The molecule has 0 unspecified atom stereocenters. The number of carboxylic acids is 1. The summed E-state index contributed by atoms with van der Waals surface area (Å²) in [5, 5.41) is 12.7. The molecule has 2 aromatic rings. The number of rotatable bonds is 14. The Bertz CT molecular complexity index is 749. The molecule has 2 rings (SSSR count). The molecule has 0 fully saturated rings. The van der Waals surface area contributed by atoms with Crippen molar-refractivity contribution in [2.75, 3.05) is 6.61 Å². The monoisotopic (exact) mass is 381 g/mol. The molecule has 0 aromatic heterocycles. The molecule has 0 aliphatic carbocycles. The largest absolute Gasteiger partial charge is 0.545 e. The van der Waals surface area contributed by atoms with Crippen molar-refractivity contribution in [3.8, 4) is 5.75 Å². The quantitative estimate of drug-likeness (QED) is 0.302. The lowest BCUT2D eigenvalue weighted by molar-refractivity contribution is -0.297. The van der Waals surface area contributed by atoms with Crippen LogP contribution in [0, 0.1) is 0 Å². The van der Waals surface area contributed by atoms with Gasteiger partial charge in [0, 0.05) is 0 Å². The minimum atomic E-state index is -1.18. The first kappa shape index (κ1) is 22.0. The molecule has 3 heteroatoms. The zero-order chi connectivity index (χ0) is 20.0. The maximum atomic E-state index is 10.5. The van der Waals surface area contributed by atoms with Crippen molar-refractivity contribution in [3.05, 3.63) is 48.0 Å².